The zero-order chi connectivity index (χ0) is 23.8. The van der Waals surface area contributed by atoms with E-state index >= 15 is 0 Å². The van der Waals surface area contributed by atoms with Gasteiger partial charge in [-0.1, -0.05) is 48.5 Å². The number of thioether (sulfide) groups is 1. The Hall–Kier alpha value is -3.63. The fourth-order valence-electron chi connectivity index (χ4n) is 3.73. The van der Waals surface area contributed by atoms with E-state index in [0.717, 1.165) is 12.2 Å². The minimum Gasteiger partial charge on any atom is -0.457 e. The number of nitro benzene ring substituents is 1. The average molecular weight is 496 g/mol. The van der Waals surface area contributed by atoms with Gasteiger partial charge in [0.15, 0.2) is 10.9 Å². The molecule has 0 saturated carbocycles. The lowest BCUT2D eigenvalue weighted by Gasteiger charge is -2.32. The highest BCUT2D eigenvalue weighted by molar-refractivity contribution is 8.13. The number of hydrogen-bond acceptors (Lipinski definition) is 8. The Kier molecular flexibility index (Phi) is 5.84. The van der Waals surface area contributed by atoms with Crippen LogP contribution in [0.25, 0.3) is 17.0 Å². The average Bonchev–Trinajstić information content (AvgIpc) is 3.31. The summed E-state index contributed by atoms with van der Waals surface area (Å²) in [6.07, 6.45) is 0.225. The molecule has 1 atom stereocenters. The van der Waals surface area contributed by atoms with Crippen LogP contribution in [-0.2, 0) is 4.79 Å². The first-order valence-electron chi connectivity index (χ1n) is 10.5. The van der Waals surface area contributed by atoms with Crippen molar-refractivity contribution < 1.29 is 14.1 Å². The van der Waals surface area contributed by atoms with Crippen LogP contribution < -0.4 is 15.9 Å². The highest BCUT2D eigenvalue weighted by atomic mass is 35.5. The third kappa shape index (κ3) is 3.95. The van der Waals surface area contributed by atoms with Crippen molar-refractivity contribution in [3.05, 3.63) is 86.1 Å². The van der Waals surface area contributed by atoms with Crippen molar-refractivity contribution in [2.45, 2.75) is 19.5 Å². The van der Waals surface area contributed by atoms with Gasteiger partial charge in [0, 0.05) is 28.7 Å². The predicted molar refractivity (Wildman–Crippen MR) is 129 cm³/mol. The summed E-state index contributed by atoms with van der Waals surface area (Å²) in [5.74, 6) is 1.43. The number of non-ortho nitro benzene ring substituents is 1. The lowest BCUT2D eigenvalue weighted by molar-refractivity contribution is -0.384. The summed E-state index contributed by atoms with van der Waals surface area (Å²) in [7, 11) is 0. The minimum atomic E-state index is -0.709. The highest BCUT2D eigenvalue weighted by Gasteiger charge is 2.36. The van der Waals surface area contributed by atoms with E-state index in [4.69, 9.17) is 21.0 Å². The SMILES string of the molecule is CCCSC1=NN2C(=c3ccccc3=N[C@@H]2c2ccc(-c3ccc([N+](=O)[O-])cc3Cl)o2)C(=O)N1. The number of para-hydroxylation sites is 1. The zero-order valence-electron chi connectivity index (χ0n) is 17.9. The van der Waals surface area contributed by atoms with Crippen molar-refractivity contribution in [3.8, 4) is 11.3 Å². The van der Waals surface area contributed by atoms with E-state index in [2.05, 4.69) is 17.3 Å². The Bertz CT molecular complexity index is 1470. The van der Waals surface area contributed by atoms with Crippen LogP contribution in [0.3, 0.4) is 0 Å². The van der Waals surface area contributed by atoms with Crippen LogP contribution in [-0.4, -0.2) is 26.8 Å². The summed E-state index contributed by atoms with van der Waals surface area (Å²) in [5.41, 5.74) is 0.796. The molecule has 0 radical (unpaired) electrons. The van der Waals surface area contributed by atoms with Gasteiger partial charge in [0.25, 0.3) is 11.6 Å². The monoisotopic (exact) mass is 495 g/mol. The number of hydrogen-bond donors (Lipinski definition) is 1. The molecule has 1 N–H and O–H groups in total. The highest BCUT2D eigenvalue weighted by Crippen LogP contribution is 2.37. The van der Waals surface area contributed by atoms with Crippen molar-refractivity contribution in [2.24, 2.45) is 10.1 Å². The van der Waals surface area contributed by atoms with E-state index in [1.165, 1.54) is 23.9 Å². The van der Waals surface area contributed by atoms with Gasteiger partial charge in [-0.25, -0.2) is 10.0 Å². The van der Waals surface area contributed by atoms with Crippen LogP contribution in [0, 0.1) is 10.1 Å². The van der Waals surface area contributed by atoms with Gasteiger partial charge in [0.1, 0.15) is 11.5 Å². The predicted octanol–water partition coefficient (Wildman–Crippen LogP) is 3.79. The fraction of sp³-hybridized carbons (Fsp3) is 0.174. The van der Waals surface area contributed by atoms with Crippen LogP contribution >= 0.6 is 23.4 Å². The molecule has 0 bridgehead atoms. The summed E-state index contributed by atoms with van der Waals surface area (Å²) in [5, 5.41) is 22.2. The third-order valence-corrected chi connectivity index (χ3v) is 6.65. The molecular weight excluding hydrogens is 478 g/mol. The number of carbonyl (C=O) groups excluding carboxylic acids is 1. The number of furan rings is 1. The summed E-state index contributed by atoms with van der Waals surface area (Å²) in [6, 6.07) is 15.0. The lowest BCUT2D eigenvalue weighted by atomic mass is 10.1. The normalized spacial score (nSPS) is 16.8. The number of hydrazone groups is 1. The van der Waals surface area contributed by atoms with Gasteiger partial charge < -0.3 is 4.42 Å². The molecule has 5 rings (SSSR count). The summed E-state index contributed by atoms with van der Waals surface area (Å²) >= 11 is 7.75. The number of rotatable bonds is 5. The Balaban J connectivity index is 1.59. The van der Waals surface area contributed by atoms with Crippen molar-refractivity contribution >= 4 is 45.8 Å². The van der Waals surface area contributed by atoms with Gasteiger partial charge >= 0.3 is 0 Å². The van der Waals surface area contributed by atoms with Crippen molar-refractivity contribution in [2.75, 3.05) is 5.75 Å². The molecule has 1 amide bonds. The van der Waals surface area contributed by atoms with Gasteiger partial charge in [-0.15, -0.1) is 5.10 Å². The largest absolute Gasteiger partial charge is 0.457 e. The third-order valence-electron chi connectivity index (χ3n) is 5.27. The molecular formula is C23H18ClN5O4S. The minimum absolute atomic E-state index is 0.107. The maximum atomic E-state index is 13.1. The molecule has 0 spiro atoms. The van der Waals surface area contributed by atoms with Gasteiger partial charge in [-0.3, -0.25) is 20.2 Å². The number of halogens is 1. The maximum absolute atomic E-state index is 13.1. The number of amidine groups is 1. The van der Waals surface area contributed by atoms with Gasteiger partial charge in [0.2, 0.25) is 6.17 Å². The van der Waals surface area contributed by atoms with Gasteiger partial charge in [-0.2, -0.15) is 0 Å². The van der Waals surface area contributed by atoms with E-state index in [1.54, 1.807) is 23.2 Å². The smallest absolute Gasteiger partial charge is 0.276 e. The van der Waals surface area contributed by atoms with E-state index in [-0.39, 0.29) is 16.6 Å². The number of benzene rings is 2. The van der Waals surface area contributed by atoms with E-state index in [1.807, 2.05) is 24.3 Å². The Morgan fingerprint density at radius 1 is 1.24 bits per heavy atom. The number of fused-ring (bicyclic) bond motifs is 2. The first-order chi connectivity index (χ1) is 16.5. The first-order valence-corrected chi connectivity index (χ1v) is 11.9. The molecule has 34 heavy (non-hydrogen) atoms. The van der Waals surface area contributed by atoms with Crippen LogP contribution in [0.2, 0.25) is 5.02 Å². The number of nitrogens with one attached hydrogen (secondary N) is 1. The molecule has 3 aromatic rings. The maximum Gasteiger partial charge on any atom is 0.276 e. The number of nitrogens with zero attached hydrogens (tertiary/aromatic N) is 4. The Morgan fingerprint density at radius 2 is 2.06 bits per heavy atom. The number of carbonyl (C=O) groups is 1. The quantitative estimate of drug-likeness (QED) is 0.425. The molecule has 172 valence electrons. The van der Waals surface area contributed by atoms with Crippen LogP contribution in [0.4, 0.5) is 5.69 Å². The van der Waals surface area contributed by atoms with Crippen molar-refractivity contribution in [3.63, 3.8) is 0 Å². The number of nitro groups is 1. The first kappa shape index (κ1) is 22.2. The summed E-state index contributed by atoms with van der Waals surface area (Å²) in [6.45, 7) is 2.05. The second-order valence-corrected chi connectivity index (χ2v) is 9.03. The molecule has 11 heteroatoms. The van der Waals surface area contributed by atoms with E-state index in [9.17, 15) is 14.9 Å². The molecule has 9 nitrogen and oxygen atoms in total. The molecule has 2 aromatic carbocycles. The number of amides is 1. The molecule has 0 fully saturated rings. The Morgan fingerprint density at radius 3 is 2.82 bits per heavy atom. The second kappa shape index (κ2) is 8.96. The lowest BCUT2D eigenvalue weighted by Crippen LogP contribution is -2.50. The topological polar surface area (TPSA) is 113 Å². The van der Waals surface area contributed by atoms with Crippen LogP contribution in [0.1, 0.15) is 25.3 Å². The molecule has 2 aliphatic rings. The van der Waals surface area contributed by atoms with Crippen LogP contribution in [0.15, 0.2) is 69.1 Å². The Labute approximate surface area is 203 Å². The standard InChI is InChI=1S/C23H18ClN5O4S/c1-2-11-34-23-26-22(30)20-15-5-3-4-6-17(15)25-21(28(20)27-23)19-10-9-18(33-19)14-8-7-13(29(31)32)12-16(14)24/h3-10,12,21H,2,11H2,1H3,(H,26,27,30)/t21-/m0/s1. The molecule has 2 aliphatic heterocycles. The van der Waals surface area contributed by atoms with Crippen molar-refractivity contribution in [1.82, 2.24) is 10.3 Å². The summed E-state index contributed by atoms with van der Waals surface area (Å²) < 4.78 is 6.10. The van der Waals surface area contributed by atoms with Gasteiger partial charge in [0.05, 0.1) is 15.3 Å². The fourth-order valence-corrected chi connectivity index (χ4v) is 4.71. The summed E-state index contributed by atoms with van der Waals surface area (Å²) in [4.78, 5) is 28.4. The van der Waals surface area contributed by atoms with Crippen molar-refractivity contribution in [1.29, 1.82) is 0 Å². The molecule has 3 heterocycles. The van der Waals surface area contributed by atoms with Crippen LogP contribution in [0.5, 0.6) is 0 Å². The van der Waals surface area contributed by atoms with Gasteiger partial charge in [-0.05, 0) is 30.7 Å². The molecule has 0 saturated heterocycles. The van der Waals surface area contributed by atoms with E-state index in [0.29, 0.717) is 38.5 Å². The molecule has 1 aromatic heterocycles. The van der Waals surface area contributed by atoms with E-state index < -0.39 is 11.1 Å². The molecule has 0 unspecified atom stereocenters. The zero-order valence-corrected chi connectivity index (χ0v) is 19.5. The molecule has 0 aliphatic carbocycles. The second-order valence-electron chi connectivity index (χ2n) is 7.54.